The van der Waals surface area contributed by atoms with Crippen molar-refractivity contribution in [3.63, 3.8) is 0 Å². The molecule has 0 N–H and O–H groups in total. The summed E-state index contributed by atoms with van der Waals surface area (Å²) >= 11 is 0. The molecule has 1 atom stereocenters. The Kier molecular flexibility index (Phi) is 5.90. The molecule has 0 amide bonds. The van der Waals surface area contributed by atoms with Crippen LogP contribution in [0.15, 0.2) is 36.4 Å². The first-order valence-corrected chi connectivity index (χ1v) is 10.2. The SMILES string of the molecule is Cc1cc(Cc2cccc(F)c2)cc(C2CN(S(=O)(=O)N(C)C)CCO2)n1. The molecule has 146 valence electrons. The van der Waals surface area contributed by atoms with E-state index in [9.17, 15) is 12.8 Å². The van der Waals surface area contributed by atoms with E-state index >= 15 is 0 Å². The van der Waals surface area contributed by atoms with Crippen LogP contribution in [0.1, 0.15) is 28.6 Å². The van der Waals surface area contributed by atoms with Gasteiger partial charge >= 0.3 is 0 Å². The van der Waals surface area contributed by atoms with Gasteiger partial charge in [0.05, 0.1) is 12.3 Å². The average Bonchev–Trinajstić information content (AvgIpc) is 2.61. The first-order valence-electron chi connectivity index (χ1n) is 8.77. The van der Waals surface area contributed by atoms with E-state index in [0.29, 0.717) is 25.3 Å². The molecule has 0 spiro atoms. The van der Waals surface area contributed by atoms with Crippen LogP contribution in [0.4, 0.5) is 4.39 Å². The van der Waals surface area contributed by atoms with Gasteiger partial charge in [-0.15, -0.1) is 0 Å². The molecule has 0 saturated carbocycles. The molecular weight excluding hydrogens is 369 g/mol. The fourth-order valence-corrected chi connectivity index (χ4v) is 4.25. The first-order chi connectivity index (χ1) is 12.8. The third kappa shape index (κ3) is 4.70. The van der Waals surface area contributed by atoms with Gasteiger partial charge in [-0.05, 0) is 48.7 Å². The zero-order valence-corrected chi connectivity index (χ0v) is 16.5. The second-order valence-electron chi connectivity index (χ2n) is 6.86. The fraction of sp³-hybridized carbons (Fsp3) is 0.421. The molecule has 1 aliphatic heterocycles. The van der Waals surface area contributed by atoms with E-state index in [-0.39, 0.29) is 12.4 Å². The molecule has 6 nitrogen and oxygen atoms in total. The van der Waals surface area contributed by atoms with Crippen molar-refractivity contribution >= 4 is 10.2 Å². The third-order valence-electron chi connectivity index (χ3n) is 4.48. The van der Waals surface area contributed by atoms with Crippen molar-refractivity contribution in [2.24, 2.45) is 0 Å². The van der Waals surface area contributed by atoms with Crippen LogP contribution in [-0.4, -0.2) is 55.8 Å². The normalized spacial score (nSPS) is 18.8. The summed E-state index contributed by atoms with van der Waals surface area (Å²) in [5.74, 6) is -0.265. The van der Waals surface area contributed by atoms with Gasteiger partial charge in [0.2, 0.25) is 0 Å². The molecule has 0 aliphatic carbocycles. The number of benzene rings is 1. The summed E-state index contributed by atoms with van der Waals surface area (Å²) in [4.78, 5) is 4.54. The second-order valence-corrected chi connectivity index (χ2v) is 9.00. The lowest BCUT2D eigenvalue weighted by Gasteiger charge is -2.33. The van der Waals surface area contributed by atoms with Gasteiger partial charge in [-0.25, -0.2) is 4.39 Å². The number of hydrogen-bond donors (Lipinski definition) is 0. The zero-order chi connectivity index (χ0) is 19.6. The second kappa shape index (κ2) is 8.02. The molecule has 27 heavy (non-hydrogen) atoms. The number of halogens is 1. The lowest BCUT2D eigenvalue weighted by atomic mass is 10.0. The van der Waals surface area contributed by atoms with Crippen LogP contribution in [0.2, 0.25) is 0 Å². The van der Waals surface area contributed by atoms with Gasteiger partial charge in [0, 0.05) is 32.9 Å². The van der Waals surface area contributed by atoms with E-state index in [1.807, 2.05) is 25.1 Å². The lowest BCUT2D eigenvalue weighted by Crippen LogP contribution is -2.47. The minimum absolute atomic E-state index is 0.219. The van der Waals surface area contributed by atoms with E-state index in [4.69, 9.17) is 4.74 Å². The summed E-state index contributed by atoms with van der Waals surface area (Å²) in [6.45, 7) is 2.73. The molecular formula is C19H24FN3O3S. The third-order valence-corrected chi connectivity index (χ3v) is 6.38. The van der Waals surface area contributed by atoms with Gasteiger partial charge in [0.25, 0.3) is 10.2 Å². The van der Waals surface area contributed by atoms with Crippen molar-refractivity contribution in [2.45, 2.75) is 19.4 Å². The number of aromatic nitrogens is 1. The molecule has 1 aliphatic rings. The zero-order valence-electron chi connectivity index (χ0n) is 15.7. The van der Waals surface area contributed by atoms with Crippen molar-refractivity contribution in [1.29, 1.82) is 0 Å². The fourth-order valence-electron chi connectivity index (χ4n) is 3.16. The van der Waals surface area contributed by atoms with Crippen molar-refractivity contribution < 1.29 is 17.5 Å². The molecule has 2 aromatic rings. The average molecular weight is 393 g/mol. The van der Waals surface area contributed by atoms with Gasteiger partial charge < -0.3 is 4.74 Å². The number of ether oxygens (including phenoxy) is 1. The Hall–Kier alpha value is -1.87. The molecule has 1 unspecified atom stereocenters. The Morgan fingerprint density at radius 2 is 2.04 bits per heavy atom. The Labute approximate surface area is 159 Å². The van der Waals surface area contributed by atoms with E-state index in [0.717, 1.165) is 16.8 Å². The van der Waals surface area contributed by atoms with E-state index in [1.54, 1.807) is 6.07 Å². The lowest BCUT2D eigenvalue weighted by molar-refractivity contribution is -0.00633. The Balaban J connectivity index is 1.83. The summed E-state index contributed by atoms with van der Waals surface area (Å²) in [6, 6.07) is 10.4. The summed E-state index contributed by atoms with van der Waals surface area (Å²) in [7, 11) is -0.466. The molecule has 0 radical (unpaired) electrons. The Bertz CT molecular complexity index is 918. The predicted octanol–water partition coefficient (Wildman–Crippen LogP) is 2.30. The minimum Gasteiger partial charge on any atom is -0.369 e. The highest BCUT2D eigenvalue weighted by molar-refractivity contribution is 7.86. The van der Waals surface area contributed by atoms with Crippen molar-refractivity contribution in [2.75, 3.05) is 33.8 Å². The largest absolute Gasteiger partial charge is 0.369 e. The molecule has 1 saturated heterocycles. The summed E-state index contributed by atoms with van der Waals surface area (Å²) in [5, 5.41) is 0. The van der Waals surface area contributed by atoms with Crippen molar-refractivity contribution in [3.8, 4) is 0 Å². The van der Waals surface area contributed by atoms with E-state index < -0.39 is 16.3 Å². The molecule has 1 fully saturated rings. The highest BCUT2D eigenvalue weighted by Gasteiger charge is 2.32. The number of rotatable bonds is 5. The topological polar surface area (TPSA) is 62.7 Å². The molecule has 2 heterocycles. The van der Waals surface area contributed by atoms with Crippen molar-refractivity contribution in [3.05, 3.63) is 64.7 Å². The van der Waals surface area contributed by atoms with Gasteiger partial charge in [-0.1, -0.05) is 12.1 Å². The monoisotopic (exact) mass is 393 g/mol. The molecule has 0 bridgehead atoms. The quantitative estimate of drug-likeness (QED) is 0.782. The number of pyridine rings is 1. The highest BCUT2D eigenvalue weighted by Crippen LogP contribution is 2.25. The van der Waals surface area contributed by atoms with Gasteiger partial charge in [-0.3, -0.25) is 4.98 Å². The summed E-state index contributed by atoms with van der Waals surface area (Å²) < 4.78 is 46.7. The summed E-state index contributed by atoms with van der Waals surface area (Å²) in [6.07, 6.45) is 0.139. The van der Waals surface area contributed by atoms with Crippen LogP contribution in [0.3, 0.4) is 0 Å². The highest BCUT2D eigenvalue weighted by atomic mass is 32.2. The number of morpholine rings is 1. The van der Waals surface area contributed by atoms with Crippen LogP contribution in [0.5, 0.6) is 0 Å². The maximum atomic E-state index is 13.4. The Morgan fingerprint density at radius 1 is 1.26 bits per heavy atom. The van der Waals surface area contributed by atoms with Gasteiger partial charge in [-0.2, -0.15) is 17.0 Å². The molecule has 3 rings (SSSR count). The van der Waals surface area contributed by atoms with Crippen LogP contribution < -0.4 is 0 Å². The maximum Gasteiger partial charge on any atom is 0.281 e. The molecule has 1 aromatic carbocycles. The maximum absolute atomic E-state index is 13.4. The number of aryl methyl sites for hydroxylation is 1. The minimum atomic E-state index is -3.50. The van der Waals surface area contributed by atoms with Gasteiger partial charge in [0.15, 0.2) is 0 Å². The Morgan fingerprint density at radius 3 is 2.74 bits per heavy atom. The number of nitrogens with zero attached hydrogens (tertiary/aromatic N) is 3. The first kappa shape index (κ1) is 19.9. The van der Waals surface area contributed by atoms with E-state index in [2.05, 4.69) is 4.98 Å². The van der Waals surface area contributed by atoms with Crippen molar-refractivity contribution in [1.82, 2.24) is 13.6 Å². The molecule has 8 heteroatoms. The van der Waals surface area contributed by atoms with Crippen LogP contribution in [0, 0.1) is 12.7 Å². The van der Waals surface area contributed by atoms with Crippen LogP contribution in [-0.2, 0) is 21.4 Å². The molecule has 1 aromatic heterocycles. The standard InChI is InChI=1S/C19H24FN3O3S/c1-14-9-16(10-15-5-4-6-17(20)11-15)12-18(21-14)19-13-23(7-8-26-19)27(24,25)22(2)3/h4-6,9,11-12,19H,7-8,10,13H2,1-3H3. The smallest absolute Gasteiger partial charge is 0.281 e. The van der Waals surface area contributed by atoms with E-state index in [1.165, 1.54) is 34.8 Å². The predicted molar refractivity (Wildman–Crippen MR) is 101 cm³/mol. The number of hydrogen-bond acceptors (Lipinski definition) is 4. The van der Waals surface area contributed by atoms with Crippen LogP contribution >= 0.6 is 0 Å². The van der Waals surface area contributed by atoms with Crippen LogP contribution in [0.25, 0.3) is 0 Å². The summed E-state index contributed by atoms with van der Waals surface area (Å²) in [5.41, 5.74) is 3.36. The van der Waals surface area contributed by atoms with Gasteiger partial charge in [0.1, 0.15) is 11.9 Å².